The van der Waals surface area contributed by atoms with Gasteiger partial charge in [-0.2, -0.15) is 0 Å². The fourth-order valence-corrected chi connectivity index (χ4v) is 4.19. The van der Waals surface area contributed by atoms with Crippen LogP contribution in [0, 0.1) is 11.8 Å². The quantitative estimate of drug-likeness (QED) is 0.196. The Morgan fingerprint density at radius 2 is 1.43 bits per heavy atom. The topological polar surface area (TPSA) is 165 Å². The van der Waals surface area contributed by atoms with Crippen LogP contribution < -0.4 is 16.0 Å². The molecule has 0 fully saturated rings. The Labute approximate surface area is 235 Å². The van der Waals surface area contributed by atoms with Crippen LogP contribution in [0.1, 0.15) is 62.0 Å². The van der Waals surface area contributed by atoms with Gasteiger partial charge in [-0.05, 0) is 41.5 Å². The Balaban J connectivity index is 1.96. The van der Waals surface area contributed by atoms with Crippen molar-refractivity contribution in [1.29, 1.82) is 0 Å². The van der Waals surface area contributed by atoms with Crippen LogP contribution in [0.4, 0.5) is 0 Å². The van der Waals surface area contributed by atoms with E-state index < -0.39 is 48.0 Å². The molecule has 40 heavy (non-hydrogen) atoms. The van der Waals surface area contributed by atoms with Crippen molar-refractivity contribution in [3.8, 4) is 0 Å². The van der Waals surface area contributed by atoms with Crippen LogP contribution >= 0.6 is 0 Å². The van der Waals surface area contributed by atoms with Gasteiger partial charge in [-0.15, -0.1) is 0 Å². The van der Waals surface area contributed by atoms with Crippen LogP contribution in [-0.2, 0) is 27.3 Å². The molecule has 0 saturated carbocycles. The second kappa shape index (κ2) is 15.7. The van der Waals surface area contributed by atoms with E-state index in [1.165, 1.54) is 12.1 Å². The van der Waals surface area contributed by atoms with Gasteiger partial charge in [0.1, 0.15) is 12.1 Å². The van der Waals surface area contributed by atoms with Crippen LogP contribution in [0.25, 0.3) is 0 Å². The first-order valence-electron chi connectivity index (χ1n) is 13.5. The van der Waals surface area contributed by atoms with E-state index in [0.29, 0.717) is 12.0 Å². The zero-order chi connectivity index (χ0) is 29.8. The van der Waals surface area contributed by atoms with E-state index in [4.69, 9.17) is 5.11 Å². The molecule has 0 radical (unpaired) electrons. The highest BCUT2D eigenvalue weighted by molar-refractivity contribution is 5.88. The summed E-state index contributed by atoms with van der Waals surface area (Å²) in [5.41, 5.74) is 1.63. The first kappa shape index (κ1) is 32.5. The van der Waals surface area contributed by atoms with Crippen molar-refractivity contribution in [2.24, 2.45) is 11.8 Å². The number of amides is 3. The summed E-state index contributed by atoms with van der Waals surface area (Å²) in [7, 11) is 0. The van der Waals surface area contributed by atoms with Gasteiger partial charge >= 0.3 is 5.97 Å². The molecule has 0 unspecified atom stereocenters. The third kappa shape index (κ3) is 10.8. The average molecular weight is 556 g/mol. The number of carbonyl (C=O) groups is 4. The Morgan fingerprint density at radius 1 is 0.800 bits per heavy atom. The number of aliphatic hydroxyl groups is 2. The predicted octanol–water partition coefficient (Wildman–Crippen LogP) is 2.03. The number of nitrogens with one attached hydrogen (secondary N) is 3. The molecule has 0 heterocycles. The highest BCUT2D eigenvalue weighted by Crippen LogP contribution is 2.13. The molecule has 0 saturated heterocycles. The molecule has 10 nitrogen and oxygen atoms in total. The maximum absolute atomic E-state index is 12.8. The Kier molecular flexibility index (Phi) is 12.8. The molecule has 2 aromatic rings. The van der Waals surface area contributed by atoms with Gasteiger partial charge in [0.05, 0.1) is 24.1 Å². The first-order valence-corrected chi connectivity index (χ1v) is 13.5. The summed E-state index contributed by atoms with van der Waals surface area (Å²) in [6, 6.07) is 13.5. The Hall–Kier alpha value is -3.76. The number of benzene rings is 2. The second-order valence-corrected chi connectivity index (χ2v) is 10.7. The molecule has 0 bridgehead atoms. The summed E-state index contributed by atoms with van der Waals surface area (Å²) in [6.07, 6.45) is -2.40. The van der Waals surface area contributed by atoms with E-state index >= 15 is 0 Å². The van der Waals surface area contributed by atoms with Crippen LogP contribution in [0.5, 0.6) is 0 Å². The van der Waals surface area contributed by atoms with Crippen LogP contribution in [0.15, 0.2) is 54.6 Å². The molecular formula is C30H41N3O7. The zero-order valence-corrected chi connectivity index (χ0v) is 23.5. The van der Waals surface area contributed by atoms with Crippen molar-refractivity contribution in [3.05, 3.63) is 71.3 Å². The van der Waals surface area contributed by atoms with Gasteiger partial charge in [0.2, 0.25) is 17.7 Å². The minimum Gasteiger partial charge on any atom is -0.478 e. The van der Waals surface area contributed by atoms with Crippen molar-refractivity contribution in [3.63, 3.8) is 0 Å². The number of hydrogen-bond donors (Lipinski definition) is 6. The van der Waals surface area contributed by atoms with E-state index in [-0.39, 0.29) is 36.8 Å². The van der Waals surface area contributed by atoms with Crippen molar-refractivity contribution in [2.75, 3.05) is 0 Å². The SMILES string of the molecule is CC(C)C[C@H](NC(=O)[C@H](O)Cc1ccccc1)[C@H](O)CC(=O)N[C@H](C(=O)NCc1ccc(C(=O)O)cc1)C(C)C. The molecule has 10 heteroatoms. The fourth-order valence-electron chi connectivity index (χ4n) is 4.19. The number of aliphatic hydroxyl groups excluding tert-OH is 2. The first-order chi connectivity index (χ1) is 18.9. The van der Waals surface area contributed by atoms with Crippen molar-refractivity contribution in [1.82, 2.24) is 16.0 Å². The number of carboxylic acid groups (broad SMARTS) is 1. The number of carbonyl (C=O) groups excluding carboxylic acids is 3. The molecule has 218 valence electrons. The van der Waals surface area contributed by atoms with Crippen molar-refractivity contribution in [2.45, 2.75) is 77.8 Å². The van der Waals surface area contributed by atoms with Gasteiger partial charge in [-0.3, -0.25) is 14.4 Å². The molecule has 0 spiro atoms. The summed E-state index contributed by atoms with van der Waals surface area (Å²) in [4.78, 5) is 49.3. The van der Waals surface area contributed by atoms with Gasteiger partial charge < -0.3 is 31.3 Å². The lowest BCUT2D eigenvalue weighted by molar-refractivity contribution is -0.133. The summed E-state index contributed by atoms with van der Waals surface area (Å²) in [6.45, 7) is 7.53. The van der Waals surface area contributed by atoms with Gasteiger partial charge in [0, 0.05) is 13.0 Å². The minimum absolute atomic E-state index is 0.0908. The Bertz CT molecular complexity index is 1120. The van der Waals surface area contributed by atoms with E-state index in [1.807, 2.05) is 32.0 Å². The molecule has 0 aliphatic carbocycles. The number of rotatable bonds is 15. The van der Waals surface area contributed by atoms with Gasteiger partial charge in [-0.1, -0.05) is 70.2 Å². The van der Waals surface area contributed by atoms with Crippen molar-refractivity contribution >= 4 is 23.7 Å². The molecular weight excluding hydrogens is 514 g/mol. The van der Waals surface area contributed by atoms with Crippen LogP contribution in [0.2, 0.25) is 0 Å². The summed E-state index contributed by atoms with van der Waals surface area (Å²) >= 11 is 0. The third-order valence-corrected chi connectivity index (χ3v) is 6.42. The average Bonchev–Trinajstić information content (AvgIpc) is 2.90. The van der Waals surface area contributed by atoms with Crippen LogP contribution in [0.3, 0.4) is 0 Å². The number of hydrogen-bond acceptors (Lipinski definition) is 6. The molecule has 6 N–H and O–H groups in total. The normalized spacial score (nSPS) is 14.2. The molecule has 4 atom stereocenters. The van der Waals surface area contributed by atoms with E-state index in [1.54, 1.807) is 38.1 Å². The second-order valence-electron chi connectivity index (χ2n) is 10.7. The summed E-state index contributed by atoms with van der Waals surface area (Å²) in [5, 5.41) is 38.4. The molecule has 0 aliphatic rings. The van der Waals surface area contributed by atoms with E-state index in [2.05, 4.69) is 16.0 Å². The van der Waals surface area contributed by atoms with Crippen LogP contribution in [-0.4, -0.2) is 63.3 Å². The standard InChI is InChI=1S/C30H41N3O7/c1-18(2)14-23(32-28(37)25(35)15-20-8-6-5-7-9-20)24(34)16-26(36)33-27(19(3)4)29(38)31-17-21-10-12-22(13-11-21)30(39)40/h5-13,18-19,23-25,27,34-35H,14-17H2,1-4H3,(H,31,38)(H,32,37)(H,33,36)(H,39,40)/t23-,24+,25+,27-/m0/s1. The van der Waals surface area contributed by atoms with Gasteiger partial charge in [0.15, 0.2) is 0 Å². The lowest BCUT2D eigenvalue weighted by atomic mass is 9.96. The molecule has 2 aromatic carbocycles. The molecule has 0 aliphatic heterocycles. The third-order valence-electron chi connectivity index (χ3n) is 6.42. The largest absolute Gasteiger partial charge is 0.478 e. The summed E-state index contributed by atoms with van der Waals surface area (Å²) in [5.74, 6) is -2.82. The highest BCUT2D eigenvalue weighted by atomic mass is 16.4. The zero-order valence-electron chi connectivity index (χ0n) is 23.5. The lowest BCUT2D eigenvalue weighted by Gasteiger charge is -2.28. The maximum Gasteiger partial charge on any atom is 0.335 e. The maximum atomic E-state index is 12.8. The predicted molar refractivity (Wildman–Crippen MR) is 150 cm³/mol. The highest BCUT2D eigenvalue weighted by Gasteiger charge is 2.29. The van der Waals surface area contributed by atoms with Crippen molar-refractivity contribution < 1.29 is 34.5 Å². The minimum atomic E-state index is -1.31. The number of carboxylic acids is 1. The smallest absolute Gasteiger partial charge is 0.335 e. The summed E-state index contributed by atoms with van der Waals surface area (Å²) < 4.78 is 0. The monoisotopic (exact) mass is 555 g/mol. The fraction of sp³-hybridized carbons (Fsp3) is 0.467. The van der Waals surface area contributed by atoms with E-state index in [0.717, 1.165) is 5.56 Å². The molecule has 3 amide bonds. The molecule has 0 aromatic heterocycles. The van der Waals surface area contributed by atoms with Gasteiger partial charge in [-0.25, -0.2) is 4.79 Å². The number of aromatic carboxylic acids is 1. The van der Waals surface area contributed by atoms with Gasteiger partial charge in [0.25, 0.3) is 0 Å². The molecule has 2 rings (SSSR count). The lowest BCUT2D eigenvalue weighted by Crippen LogP contribution is -2.52. The van der Waals surface area contributed by atoms with E-state index in [9.17, 15) is 29.4 Å². The Morgan fingerprint density at radius 3 is 1.98 bits per heavy atom.